The van der Waals surface area contributed by atoms with Crippen molar-refractivity contribution in [3.63, 3.8) is 0 Å². The Bertz CT molecular complexity index is 1120. The zero-order chi connectivity index (χ0) is 19.7. The van der Waals surface area contributed by atoms with Crippen LogP contribution in [0.15, 0.2) is 48.7 Å². The minimum Gasteiger partial charge on any atom is -0.311 e. The minimum absolute atomic E-state index is 0.584. The maximum atomic E-state index is 6.10. The van der Waals surface area contributed by atoms with Gasteiger partial charge in [0.2, 0.25) is 0 Å². The number of imidazole rings is 1. The van der Waals surface area contributed by atoms with E-state index in [0.29, 0.717) is 10.0 Å². The number of benzene rings is 2. The second-order valence-corrected chi connectivity index (χ2v) is 9.05. The molecule has 4 rings (SSSR count). The lowest BCUT2D eigenvalue weighted by atomic mass is 10.1. The topological polar surface area (TPSA) is 29.3 Å². The molecule has 2 heterocycles. The van der Waals surface area contributed by atoms with E-state index in [2.05, 4.69) is 22.8 Å². The fourth-order valence-electron chi connectivity index (χ4n) is 3.14. The first-order valence-electron chi connectivity index (χ1n) is 8.89. The third kappa shape index (κ3) is 4.22. The van der Waals surface area contributed by atoms with Gasteiger partial charge in [-0.05, 0) is 49.7 Å². The molecule has 0 radical (unpaired) electrons. The summed E-state index contributed by atoms with van der Waals surface area (Å²) in [6, 6.07) is 13.6. The van der Waals surface area contributed by atoms with Gasteiger partial charge in [-0.3, -0.25) is 4.40 Å². The number of hydrogen-bond donors (Lipinski definition) is 1. The van der Waals surface area contributed by atoms with E-state index >= 15 is 0 Å². The van der Waals surface area contributed by atoms with Crippen LogP contribution in [0.1, 0.15) is 16.1 Å². The predicted octanol–water partition coefficient (Wildman–Crippen LogP) is 6.66. The highest BCUT2D eigenvalue weighted by atomic mass is 35.5. The van der Waals surface area contributed by atoms with Crippen LogP contribution in [-0.4, -0.2) is 15.9 Å². The Hall–Kier alpha value is -1.56. The summed E-state index contributed by atoms with van der Waals surface area (Å²) in [4.78, 5) is 7.10. The Morgan fingerprint density at radius 2 is 1.82 bits per heavy atom. The molecule has 0 aliphatic rings. The van der Waals surface area contributed by atoms with Gasteiger partial charge in [0.05, 0.1) is 21.4 Å². The fourth-order valence-corrected chi connectivity index (χ4v) is 4.43. The largest absolute Gasteiger partial charge is 0.311 e. The van der Waals surface area contributed by atoms with Crippen molar-refractivity contribution in [1.29, 1.82) is 0 Å². The first-order valence-corrected chi connectivity index (χ1v) is 10.8. The molecule has 0 aliphatic heterocycles. The fraction of sp³-hybridized carbons (Fsp3) is 0.190. The van der Waals surface area contributed by atoms with Crippen LogP contribution in [0.5, 0.6) is 0 Å². The summed E-state index contributed by atoms with van der Waals surface area (Å²) in [6.45, 7) is 3.65. The molecule has 0 unspecified atom stereocenters. The van der Waals surface area contributed by atoms with Crippen molar-refractivity contribution in [3.05, 3.63) is 79.9 Å². The second kappa shape index (κ2) is 8.44. The van der Waals surface area contributed by atoms with Crippen LogP contribution in [-0.2, 0) is 13.0 Å². The van der Waals surface area contributed by atoms with E-state index < -0.39 is 0 Å². The molecule has 0 bridgehead atoms. The predicted molar refractivity (Wildman–Crippen MR) is 120 cm³/mol. The van der Waals surface area contributed by atoms with E-state index in [-0.39, 0.29) is 0 Å². The number of aryl methyl sites for hydroxylation is 1. The highest BCUT2D eigenvalue weighted by Crippen LogP contribution is 2.29. The summed E-state index contributed by atoms with van der Waals surface area (Å²) in [5.41, 5.74) is 4.37. The van der Waals surface area contributed by atoms with Crippen LogP contribution >= 0.6 is 46.1 Å². The number of fused-ring (bicyclic) bond motifs is 1. The van der Waals surface area contributed by atoms with Crippen LogP contribution in [0.3, 0.4) is 0 Å². The maximum absolute atomic E-state index is 6.10. The first kappa shape index (κ1) is 19.7. The molecule has 0 atom stereocenters. The van der Waals surface area contributed by atoms with E-state index in [0.717, 1.165) is 52.0 Å². The number of rotatable bonds is 6. The van der Waals surface area contributed by atoms with Crippen molar-refractivity contribution in [2.24, 2.45) is 0 Å². The summed E-state index contributed by atoms with van der Waals surface area (Å²) >= 11 is 19.8. The quantitative estimate of drug-likeness (QED) is 0.333. The van der Waals surface area contributed by atoms with Crippen molar-refractivity contribution in [3.8, 4) is 11.3 Å². The van der Waals surface area contributed by atoms with Gasteiger partial charge in [0.1, 0.15) is 0 Å². The molecular weight excluding hydrogens is 433 g/mol. The van der Waals surface area contributed by atoms with E-state index in [1.165, 1.54) is 4.88 Å². The average molecular weight is 451 g/mol. The van der Waals surface area contributed by atoms with Gasteiger partial charge in [0, 0.05) is 28.2 Å². The van der Waals surface area contributed by atoms with E-state index in [1.807, 2.05) is 42.5 Å². The molecule has 2 aromatic carbocycles. The molecule has 2 aromatic heterocycles. The molecule has 0 saturated carbocycles. The lowest BCUT2D eigenvalue weighted by Gasteiger charge is -2.08. The van der Waals surface area contributed by atoms with Crippen molar-refractivity contribution >= 4 is 51.1 Å². The van der Waals surface area contributed by atoms with Crippen LogP contribution < -0.4 is 5.32 Å². The highest BCUT2D eigenvalue weighted by molar-refractivity contribution is 7.17. The molecule has 144 valence electrons. The molecule has 3 nitrogen and oxygen atoms in total. The van der Waals surface area contributed by atoms with Crippen molar-refractivity contribution < 1.29 is 0 Å². The molecular formula is C21H18Cl3N3S. The molecule has 0 aliphatic carbocycles. The smallest absolute Gasteiger partial charge is 0.194 e. The molecule has 0 amide bonds. The van der Waals surface area contributed by atoms with Crippen molar-refractivity contribution in [1.82, 2.24) is 14.7 Å². The summed E-state index contributed by atoms with van der Waals surface area (Å²) in [6.07, 6.45) is 3.01. The standard InChI is InChI=1S/C21H18Cl3N3S/c1-13-12-27-19(11-25-9-8-14-2-7-17(23)18(24)10-14)20(26-21(27)28-13)15-3-5-16(22)6-4-15/h2-7,10,12,25H,8-9,11H2,1H3. The zero-order valence-corrected chi connectivity index (χ0v) is 18.3. The number of thiazole rings is 1. The molecule has 28 heavy (non-hydrogen) atoms. The van der Waals surface area contributed by atoms with Crippen molar-refractivity contribution in [2.75, 3.05) is 6.54 Å². The Kier molecular flexibility index (Phi) is 5.95. The normalized spacial score (nSPS) is 11.4. The highest BCUT2D eigenvalue weighted by Gasteiger charge is 2.15. The molecule has 4 aromatic rings. The third-order valence-electron chi connectivity index (χ3n) is 4.53. The number of nitrogens with one attached hydrogen (secondary N) is 1. The van der Waals surface area contributed by atoms with Gasteiger partial charge in [0.25, 0.3) is 0 Å². The van der Waals surface area contributed by atoms with Gasteiger partial charge >= 0.3 is 0 Å². The second-order valence-electron chi connectivity index (χ2n) is 6.58. The van der Waals surface area contributed by atoms with E-state index in [4.69, 9.17) is 39.8 Å². The number of hydrogen-bond acceptors (Lipinski definition) is 3. The number of nitrogens with zero attached hydrogens (tertiary/aromatic N) is 2. The lowest BCUT2D eigenvalue weighted by molar-refractivity contribution is 0.672. The van der Waals surface area contributed by atoms with Crippen LogP contribution in [0.2, 0.25) is 15.1 Å². The Morgan fingerprint density at radius 1 is 1.04 bits per heavy atom. The van der Waals surface area contributed by atoms with E-state index in [1.54, 1.807) is 11.3 Å². The monoisotopic (exact) mass is 449 g/mol. The Morgan fingerprint density at radius 3 is 2.57 bits per heavy atom. The molecule has 0 fully saturated rings. The van der Waals surface area contributed by atoms with Gasteiger partial charge in [-0.2, -0.15) is 0 Å². The summed E-state index contributed by atoms with van der Waals surface area (Å²) in [7, 11) is 0. The number of aromatic nitrogens is 2. The van der Waals surface area contributed by atoms with Crippen LogP contribution in [0.25, 0.3) is 16.2 Å². The summed E-state index contributed by atoms with van der Waals surface area (Å²) in [5.74, 6) is 0. The zero-order valence-electron chi connectivity index (χ0n) is 15.2. The van der Waals surface area contributed by atoms with Gasteiger partial charge < -0.3 is 5.32 Å². The van der Waals surface area contributed by atoms with Gasteiger partial charge in [-0.15, -0.1) is 11.3 Å². The molecule has 1 N–H and O–H groups in total. The first-order chi connectivity index (χ1) is 13.5. The van der Waals surface area contributed by atoms with Crippen molar-refractivity contribution in [2.45, 2.75) is 19.9 Å². The van der Waals surface area contributed by atoms with Gasteiger partial charge in [0.15, 0.2) is 4.96 Å². The minimum atomic E-state index is 0.584. The number of halogens is 3. The molecule has 0 saturated heterocycles. The molecule has 7 heteroatoms. The lowest BCUT2D eigenvalue weighted by Crippen LogP contribution is -2.18. The Labute approximate surface area is 182 Å². The van der Waals surface area contributed by atoms with Crippen LogP contribution in [0.4, 0.5) is 0 Å². The van der Waals surface area contributed by atoms with Gasteiger partial charge in [-0.25, -0.2) is 4.98 Å². The third-order valence-corrected chi connectivity index (χ3v) is 6.41. The molecule has 0 spiro atoms. The van der Waals surface area contributed by atoms with Crippen LogP contribution in [0, 0.1) is 6.92 Å². The summed E-state index contributed by atoms with van der Waals surface area (Å²) in [5, 5.41) is 5.44. The SMILES string of the molecule is Cc1cn2c(CNCCc3ccc(Cl)c(Cl)c3)c(-c3ccc(Cl)cc3)nc2s1. The maximum Gasteiger partial charge on any atom is 0.194 e. The summed E-state index contributed by atoms with van der Waals surface area (Å²) < 4.78 is 2.18. The van der Waals surface area contributed by atoms with E-state index in [9.17, 15) is 0 Å². The van der Waals surface area contributed by atoms with Gasteiger partial charge in [-0.1, -0.05) is 53.0 Å². The Balaban J connectivity index is 1.52. The average Bonchev–Trinajstić information content (AvgIpc) is 3.19.